The average molecular weight is 367 g/mol. The van der Waals surface area contributed by atoms with Gasteiger partial charge in [-0.2, -0.15) is 0 Å². The second-order valence-electron chi connectivity index (χ2n) is 5.15. The van der Waals surface area contributed by atoms with E-state index in [1.165, 1.54) is 0 Å². The number of hydrogen-bond donors (Lipinski definition) is 2. The van der Waals surface area contributed by atoms with Gasteiger partial charge in [0.25, 0.3) is 0 Å². The van der Waals surface area contributed by atoms with Crippen LogP contribution in [0.1, 0.15) is 35.1 Å². The first kappa shape index (κ1) is 17.3. The summed E-state index contributed by atoms with van der Waals surface area (Å²) < 4.78 is 0.983. The largest absolute Gasteiger partial charge is 0.330 e. The molecule has 0 heterocycles. The van der Waals surface area contributed by atoms with Gasteiger partial charge in [0.2, 0.25) is 0 Å². The van der Waals surface area contributed by atoms with E-state index in [1.807, 2.05) is 43.3 Å². The van der Waals surface area contributed by atoms with Gasteiger partial charge in [0, 0.05) is 40.2 Å². The molecule has 0 bridgehead atoms. The molecule has 0 radical (unpaired) electrons. The molecule has 2 aromatic carbocycles. The maximum Gasteiger partial charge on any atom is 0.0263 e. The molecule has 4 N–H and O–H groups in total. The third kappa shape index (κ3) is 4.98. The van der Waals surface area contributed by atoms with Gasteiger partial charge >= 0.3 is 0 Å². The molecular formula is C20H19BrN2. The van der Waals surface area contributed by atoms with E-state index >= 15 is 0 Å². The smallest absolute Gasteiger partial charge is 0.0263 e. The van der Waals surface area contributed by atoms with Crippen LogP contribution in [-0.4, -0.2) is 13.1 Å². The summed E-state index contributed by atoms with van der Waals surface area (Å²) in [4.78, 5) is 0. The normalized spacial score (nSPS) is 9.78. The van der Waals surface area contributed by atoms with E-state index in [2.05, 4.69) is 45.7 Å². The molecule has 0 saturated carbocycles. The Hall–Kier alpha value is -2.04. The van der Waals surface area contributed by atoms with E-state index in [0.717, 1.165) is 26.7 Å². The van der Waals surface area contributed by atoms with Gasteiger partial charge < -0.3 is 11.5 Å². The molecule has 0 unspecified atom stereocenters. The van der Waals surface area contributed by atoms with Gasteiger partial charge in [-0.3, -0.25) is 0 Å². The van der Waals surface area contributed by atoms with Gasteiger partial charge in [-0.1, -0.05) is 39.8 Å². The fraction of sp³-hybridized carbons (Fsp3) is 0.200. The Bertz CT molecular complexity index is 800. The summed E-state index contributed by atoms with van der Waals surface area (Å²) in [5, 5.41) is 0. The predicted octanol–water partition coefficient (Wildman–Crippen LogP) is 3.22. The molecule has 23 heavy (non-hydrogen) atoms. The first-order valence-electron chi connectivity index (χ1n) is 7.41. The number of benzene rings is 2. The van der Waals surface area contributed by atoms with Crippen molar-refractivity contribution in [2.75, 3.05) is 13.1 Å². The highest BCUT2D eigenvalue weighted by atomic mass is 79.9. The zero-order valence-corrected chi connectivity index (χ0v) is 14.7. The summed E-state index contributed by atoms with van der Waals surface area (Å²) in [6.07, 6.45) is 0. The Balaban J connectivity index is 2.33. The van der Waals surface area contributed by atoms with Gasteiger partial charge in [-0.05, 0) is 48.9 Å². The zero-order chi connectivity index (χ0) is 16.7. The summed E-state index contributed by atoms with van der Waals surface area (Å²) in [5.41, 5.74) is 15.5. The monoisotopic (exact) mass is 366 g/mol. The molecule has 0 aliphatic heterocycles. The molecule has 0 aliphatic carbocycles. The number of hydrogen-bond acceptors (Lipinski definition) is 2. The van der Waals surface area contributed by atoms with Crippen LogP contribution in [0.15, 0.2) is 46.9 Å². The molecule has 3 heteroatoms. The van der Waals surface area contributed by atoms with E-state index in [-0.39, 0.29) is 5.92 Å². The lowest BCUT2D eigenvalue weighted by Gasteiger charge is -2.13. The maximum atomic E-state index is 5.78. The van der Waals surface area contributed by atoms with Crippen molar-refractivity contribution in [2.45, 2.75) is 12.8 Å². The second kappa shape index (κ2) is 8.56. The topological polar surface area (TPSA) is 52.0 Å². The van der Waals surface area contributed by atoms with E-state index in [9.17, 15) is 0 Å². The summed E-state index contributed by atoms with van der Waals surface area (Å²) in [7, 11) is 0. The van der Waals surface area contributed by atoms with Crippen LogP contribution in [0.3, 0.4) is 0 Å². The van der Waals surface area contributed by atoms with Crippen LogP contribution in [0.5, 0.6) is 0 Å². The molecule has 116 valence electrons. The van der Waals surface area contributed by atoms with Crippen LogP contribution >= 0.6 is 15.9 Å². The average Bonchev–Trinajstić information content (AvgIpc) is 2.54. The molecule has 0 aromatic heterocycles. The number of rotatable bonds is 3. The van der Waals surface area contributed by atoms with Crippen molar-refractivity contribution in [1.82, 2.24) is 0 Å². The zero-order valence-electron chi connectivity index (χ0n) is 13.1. The molecule has 0 spiro atoms. The highest BCUT2D eigenvalue weighted by Gasteiger charge is 2.09. The molecule has 0 amide bonds. The molecule has 0 saturated heterocycles. The minimum Gasteiger partial charge on any atom is -0.330 e. The van der Waals surface area contributed by atoms with E-state index < -0.39 is 0 Å². The first-order chi connectivity index (χ1) is 11.2. The lowest BCUT2D eigenvalue weighted by Crippen LogP contribution is -2.21. The van der Waals surface area contributed by atoms with Crippen LogP contribution in [0.2, 0.25) is 0 Å². The Morgan fingerprint density at radius 2 is 1.57 bits per heavy atom. The fourth-order valence-electron chi connectivity index (χ4n) is 2.25. The first-order valence-corrected chi connectivity index (χ1v) is 8.21. The van der Waals surface area contributed by atoms with Crippen LogP contribution in [0.4, 0.5) is 0 Å². The summed E-state index contributed by atoms with van der Waals surface area (Å²) in [6, 6.07) is 14.0. The lowest BCUT2D eigenvalue weighted by molar-refractivity contribution is 0.708. The summed E-state index contributed by atoms with van der Waals surface area (Å²) in [5.74, 6) is 12.5. The van der Waals surface area contributed by atoms with Crippen LogP contribution in [0, 0.1) is 23.7 Å². The predicted molar refractivity (Wildman–Crippen MR) is 100.0 cm³/mol. The highest BCUT2D eigenvalue weighted by Crippen LogP contribution is 2.21. The van der Waals surface area contributed by atoms with E-state index in [1.54, 1.807) is 0 Å². The van der Waals surface area contributed by atoms with Crippen LogP contribution < -0.4 is 11.5 Å². The minimum absolute atomic E-state index is 0.149. The maximum absolute atomic E-state index is 5.78. The number of nitrogens with two attached hydrogens (primary N) is 2. The Labute approximate surface area is 146 Å². The lowest BCUT2D eigenvalue weighted by atomic mass is 9.97. The van der Waals surface area contributed by atoms with Crippen molar-refractivity contribution in [2.24, 2.45) is 11.5 Å². The number of halogens is 1. The van der Waals surface area contributed by atoms with Crippen molar-refractivity contribution in [3.05, 3.63) is 69.2 Å². The quantitative estimate of drug-likeness (QED) is 0.819. The van der Waals surface area contributed by atoms with Gasteiger partial charge in [-0.15, -0.1) is 5.92 Å². The Morgan fingerprint density at radius 1 is 0.913 bits per heavy atom. The Kier molecular flexibility index (Phi) is 6.44. The van der Waals surface area contributed by atoms with Crippen molar-refractivity contribution in [3.8, 4) is 23.7 Å². The van der Waals surface area contributed by atoms with Crippen molar-refractivity contribution in [1.29, 1.82) is 0 Å². The third-order valence-corrected chi connectivity index (χ3v) is 3.90. The molecular weight excluding hydrogens is 348 g/mol. The molecule has 0 fully saturated rings. The fourth-order valence-corrected chi connectivity index (χ4v) is 2.76. The van der Waals surface area contributed by atoms with Crippen molar-refractivity contribution >= 4 is 15.9 Å². The highest BCUT2D eigenvalue weighted by molar-refractivity contribution is 9.10. The molecule has 0 atom stereocenters. The molecule has 0 aliphatic rings. The standard InChI is InChI=1S/C20H19BrN2/c1-2-4-15-5-3-6-16(9-15)7-8-17-10-18(12-20(21)11-17)19(13-22)14-23/h3,5-6,9-12,19H,13-14,22-23H2,1H3. The van der Waals surface area contributed by atoms with Gasteiger partial charge in [-0.25, -0.2) is 0 Å². The summed E-state index contributed by atoms with van der Waals surface area (Å²) in [6.45, 7) is 2.88. The molecule has 2 aromatic rings. The van der Waals surface area contributed by atoms with Crippen molar-refractivity contribution < 1.29 is 0 Å². The van der Waals surface area contributed by atoms with E-state index in [4.69, 9.17) is 11.5 Å². The minimum atomic E-state index is 0.149. The van der Waals surface area contributed by atoms with Gasteiger partial charge in [0.15, 0.2) is 0 Å². The van der Waals surface area contributed by atoms with Gasteiger partial charge in [0.05, 0.1) is 0 Å². The Morgan fingerprint density at radius 3 is 2.22 bits per heavy atom. The third-order valence-electron chi connectivity index (χ3n) is 3.44. The summed E-state index contributed by atoms with van der Waals surface area (Å²) >= 11 is 3.53. The SMILES string of the molecule is CC#Cc1cccc(C#Cc2cc(Br)cc(C(CN)CN)c2)c1. The second-order valence-corrected chi connectivity index (χ2v) is 6.06. The molecule has 2 rings (SSSR count). The van der Waals surface area contributed by atoms with E-state index in [0.29, 0.717) is 13.1 Å². The van der Waals surface area contributed by atoms with Gasteiger partial charge in [0.1, 0.15) is 0 Å². The molecule has 2 nitrogen and oxygen atoms in total. The van der Waals surface area contributed by atoms with Crippen LogP contribution in [-0.2, 0) is 0 Å². The van der Waals surface area contributed by atoms with Crippen LogP contribution in [0.25, 0.3) is 0 Å². The van der Waals surface area contributed by atoms with Crippen molar-refractivity contribution in [3.63, 3.8) is 0 Å².